The van der Waals surface area contributed by atoms with Crippen LogP contribution >= 0.6 is 0 Å². The van der Waals surface area contributed by atoms with Crippen LogP contribution in [0.4, 0.5) is 0 Å². The van der Waals surface area contributed by atoms with Crippen LogP contribution in [0.2, 0.25) is 0 Å². The van der Waals surface area contributed by atoms with Crippen molar-refractivity contribution in [1.82, 2.24) is 0 Å². The van der Waals surface area contributed by atoms with Crippen molar-refractivity contribution in [3.05, 3.63) is 37.3 Å². The molecule has 0 heterocycles. The van der Waals surface area contributed by atoms with Crippen molar-refractivity contribution < 1.29 is 4.74 Å². The fraction of sp³-hybridized carbons (Fsp3) is 0.500. The van der Waals surface area contributed by atoms with Gasteiger partial charge in [-0.05, 0) is 44.2 Å². The molecule has 1 atom stereocenters. The molecule has 1 aliphatic carbocycles. The number of rotatable bonds is 4. The summed E-state index contributed by atoms with van der Waals surface area (Å²) in [5.41, 5.74) is 0. The summed E-state index contributed by atoms with van der Waals surface area (Å²) >= 11 is 0. The fourth-order valence-electron chi connectivity index (χ4n) is 2.39. The third-order valence-electron chi connectivity index (χ3n) is 3.24. The van der Waals surface area contributed by atoms with Crippen LogP contribution in [0.1, 0.15) is 32.1 Å². The monoisotopic (exact) mass is 203 g/mol. The molecule has 81 valence electrons. The molecule has 1 heteroatoms. The zero-order chi connectivity index (χ0) is 10.5. The van der Waals surface area contributed by atoms with E-state index in [9.17, 15) is 0 Å². The highest BCUT2D eigenvalue weighted by Gasteiger charge is 2.24. The van der Waals surface area contributed by atoms with Gasteiger partial charge in [0.05, 0.1) is 0 Å². The summed E-state index contributed by atoms with van der Waals surface area (Å²) in [5.74, 6) is 1.71. The number of para-hydroxylation sites is 1. The van der Waals surface area contributed by atoms with Crippen LogP contribution in [0.5, 0.6) is 5.75 Å². The highest BCUT2D eigenvalue weighted by atomic mass is 16.5. The van der Waals surface area contributed by atoms with Crippen LogP contribution in [0.3, 0.4) is 0 Å². The molecule has 1 aliphatic rings. The molecule has 0 saturated heterocycles. The second kappa shape index (κ2) is 5.20. The third-order valence-corrected chi connectivity index (χ3v) is 3.24. The van der Waals surface area contributed by atoms with E-state index in [0.717, 1.165) is 18.1 Å². The average molecular weight is 203 g/mol. The Balaban J connectivity index is 1.96. The fourth-order valence-corrected chi connectivity index (χ4v) is 2.39. The lowest BCUT2D eigenvalue weighted by Crippen LogP contribution is -2.24. The van der Waals surface area contributed by atoms with Gasteiger partial charge < -0.3 is 4.74 Å². The van der Waals surface area contributed by atoms with Crippen molar-refractivity contribution in [2.24, 2.45) is 5.92 Å². The minimum absolute atomic E-state index is 0.315. The van der Waals surface area contributed by atoms with Gasteiger partial charge in [0.15, 0.2) is 0 Å². The summed E-state index contributed by atoms with van der Waals surface area (Å²) in [7, 11) is 0. The first-order valence-electron chi connectivity index (χ1n) is 5.91. The van der Waals surface area contributed by atoms with Crippen LogP contribution in [-0.2, 0) is 0 Å². The molecule has 0 bridgehead atoms. The Morgan fingerprint density at radius 2 is 1.87 bits per heavy atom. The lowest BCUT2D eigenvalue weighted by Gasteiger charge is -2.23. The molecule has 1 radical (unpaired) electrons. The molecule has 0 aromatic heterocycles. The molecule has 2 rings (SSSR count). The number of hydrogen-bond donors (Lipinski definition) is 0. The molecule has 1 fully saturated rings. The van der Waals surface area contributed by atoms with Crippen molar-refractivity contribution in [3.8, 4) is 5.75 Å². The highest BCUT2D eigenvalue weighted by molar-refractivity contribution is 5.21. The van der Waals surface area contributed by atoms with Crippen LogP contribution in [0.15, 0.2) is 30.3 Å². The summed E-state index contributed by atoms with van der Waals surface area (Å²) in [6, 6.07) is 10.1. The molecule has 1 nitrogen and oxygen atoms in total. The van der Waals surface area contributed by atoms with E-state index in [0.29, 0.717) is 6.10 Å². The number of hydrogen-bond acceptors (Lipinski definition) is 1. The second-order valence-corrected chi connectivity index (χ2v) is 4.30. The summed E-state index contributed by atoms with van der Waals surface area (Å²) in [6.07, 6.45) is 6.54. The number of ether oxygens (including phenoxy) is 1. The van der Waals surface area contributed by atoms with Crippen molar-refractivity contribution in [2.75, 3.05) is 0 Å². The predicted molar refractivity (Wildman–Crippen MR) is 62.8 cm³/mol. The van der Waals surface area contributed by atoms with Gasteiger partial charge in [0.25, 0.3) is 0 Å². The maximum absolute atomic E-state index is 5.99. The first kappa shape index (κ1) is 10.5. The molecule has 0 amide bonds. The van der Waals surface area contributed by atoms with Crippen LogP contribution in [0, 0.1) is 12.8 Å². The SMILES string of the molecule is [CH2]CC(Oc1ccccc1)C1CCCC1. The second-order valence-electron chi connectivity index (χ2n) is 4.30. The molecule has 0 N–H and O–H groups in total. The summed E-state index contributed by atoms with van der Waals surface area (Å²) < 4.78 is 5.99. The first-order valence-corrected chi connectivity index (χ1v) is 5.91. The molecule has 0 aliphatic heterocycles. The van der Waals surface area contributed by atoms with Crippen molar-refractivity contribution in [1.29, 1.82) is 0 Å². The normalized spacial score (nSPS) is 19.0. The van der Waals surface area contributed by atoms with E-state index in [2.05, 4.69) is 6.92 Å². The summed E-state index contributed by atoms with van der Waals surface area (Å²) in [6.45, 7) is 4.00. The van der Waals surface area contributed by atoms with Gasteiger partial charge in [0.2, 0.25) is 0 Å². The average Bonchev–Trinajstić information content (AvgIpc) is 2.81. The van der Waals surface area contributed by atoms with E-state index >= 15 is 0 Å². The largest absolute Gasteiger partial charge is 0.490 e. The molecule has 15 heavy (non-hydrogen) atoms. The van der Waals surface area contributed by atoms with Gasteiger partial charge >= 0.3 is 0 Å². The minimum Gasteiger partial charge on any atom is -0.490 e. The Morgan fingerprint density at radius 1 is 1.20 bits per heavy atom. The topological polar surface area (TPSA) is 9.23 Å². The number of benzene rings is 1. The van der Waals surface area contributed by atoms with Gasteiger partial charge in [-0.25, -0.2) is 0 Å². The quantitative estimate of drug-likeness (QED) is 0.722. The van der Waals surface area contributed by atoms with E-state index in [1.165, 1.54) is 25.7 Å². The Morgan fingerprint density at radius 3 is 2.47 bits per heavy atom. The predicted octanol–water partition coefficient (Wildman–Crippen LogP) is 3.85. The van der Waals surface area contributed by atoms with Crippen LogP contribution in [0.25, 0.3) is 0 Å². The van der Waals surface area contributed by atoms with Crippen molar-refractivity contribution in [3.63, 3.8) is 0 Å². The maximum atomic E-state index is 5.99. The highest BCUT2D eigenvalue weighted by Crippen LogP contribution is 2.31. The Bertz CT molecular complexity index is 275. The Kier molecular flexibility index (Phi) is 3.65. The van der Waals surface area contributed by atoms with Gasteiger partial charge in [-0.15, -0.1) is 0 Å². The minimum atomic E-state index is 0.315. The zero-order valence-corrected chi connectivity index (χ0v) is 9.19. The smallest absolute Gasteiger partial charge is 0.119 e. The van der Waals surface area contributed by atoms with Gasteiger partial charge in [-0.1, -0.05) is 31.0 Å². The zero-order valence-electron chi connectivity index (χ0n) is 9.19. The molecular weight excluding hydrogens is 184 g/mol. The van der Waals surface area contributed by atoms with Gasteiger partial charge in [0, 0.05) is 0 Å². The van der Waals surface area contributed by atoms with E-state index in [1.807, 2.05) is 30.3 Å². The van der Waals surface area contributed by atoms with Crippen LogP contribution in [-0.4, -0.2) is 6.10 Å². The van der Waals surface area contributed by atoms with E-state index in [-0.39, 0.29) is 0 Å². The standard InChI is InChI=1S/C14H19O/c1-2-14(12-8-6-7-9-12)15-13-10-4-3-5-11-13/h3-5,10-12,14H,1-2,6-9H2. The van der Waals surface area contributed by atoms with E-state index < -0.39 is 0 Å². The summed E-state index contributed by atoms with van der Waals surface area (Å²) in [4.78, 5) is 0. The van der Waals surface area contributed by atoms with E-state index in [1.54, 1.807) is 0 Å². The van der Waals surface area contributed by atoms with E-state index in [4.69, 9.17) is 4.74 Å². The molecule has 1 aromatic carbocycles. The molecular formula is C14H19O. The first-order chi connectivity index (χ1) is 7.40. The van der Waals surface area contributed by atoms with Gasteiger partial charge in [-0.3, -0.25) is 0 Å². The third kappa shape index (κ3) is 2.74. The van der Waals surface area contributed by atoms with Gasteiger partial charge in [-0.2, -0.15) is 0 Å². The lowest BCUT2D eigenvalue weighted by molar-refractivity contribution is 0.138. The van der Waals surface area contributed by atoms with Crippen molar-refractivity contribution in [2.45, 2.75) is 38.2 Å². The molecule has 1 aromatic rings. The molecule has 0 spiro atoms. The Hall–Kier alpha value is -0.980. The summed E-state index contributed by atoms with van der Waals surface area (Å²) in [5, 5.41) is 0. The molecule has 1 saturated carbocycles. The molecule has 1 unspecified atom stereocenters. The van der Waals surface area contributed by atoms with Crippen molar-refractivity contribution >= 4 is 0 Å². The van der Waals surface area contributed by atoms with Crippen LogP contribution < -0.4 is 4.74 Å². The maximum Gasteiger partial charge on any atom is 0.119 e. The lowest BCUT2D eigenvalue weighted by atomic mass is 9.99. The van der Waals surface area contributed by atoms with Gasteiger partial charge in [0.1, 0.15) is 11.9 Å². The Labute approximate surface area is 92.5 Å².